The van der Waals surface area contributed by atoms with Crippen molar-refractivity contribution >= 4 is 22.9 Å². The normalized spacial score (nSPS) is 8.42. The number of thiophene rings is 1. The van der Waals surface area contributed by atoms with Gasteiger partial charge in [0.05, 0.1) is 5.02 Å². The van der Waals surface area contributed by atoms with Gasteiger partial charge in [-0.25, -0.2) is 0 Å². The first kappa shape index (κ1) is 9.23. The summed E-state index contributed by atoms with van der Waals surface area (Å²) in [5.74, 6) is 0. The minimum atomic E-state index is 0.833. The molecule has 0 radical (unpaired) electrons. The standard InChI is InChI=1S/C5H5N.C4H3ClS/c1-2-4-6-5-3-1;5-4-1-2-6-3-4/h1-5H;1-3H. The molecule has 0 amide bonds. The summed E-state index contributed by atoms with van der Waals surface area (Å²) in [7, 11) is 0. The maximum Gasteiger partial charge on any atom is 0.0512 e. The first-order valence-electron chi connectivity index (χ1n) is 3.42. The van der Waals surface area contributed by atoms with Crippen LogP contribution in [0.25, 0.3) is 0 Å². The first-order valence-corrected chi connectivity index (χ1v) is 4.74. The van der Waals surface area contributed by atoms with Gasteiger partial charge >= 0.3 is 0 Å². The molecule has 0 saturated carbocycles. The second-order valence-electron chi connectivity index (χ2n) is 1.97. The molecule has 0 aromatic carbocycles. The Morgan fingerprint density at radius 2 is 1.92 bits per heavy atom. The fraction of sp³-hybridized carbons (Fsp3) is 0. The topological polar surface area (TPSA) is 12.9 Å². The Hall–Kier alpha value is -0.860. The van der Waals surface area contributed by atoms with E-state index in [4.69, 9.17) is 11.6 Å². The Labute approximate surface area is 80.7 Å². The van der Waals surface area contributed by atoms with Crippen LogP contribution in [-0.4, -0.2) is 4.98 Å². The third-order valence-electron chi connectivity index (χ3n) is 1.05. The maximum atomic E-state index is 5.47. The average molecular weight is 198 g/mol. The minimum absolute atomic E-state index is 0.833. The number of rotatable bonds is 0. The summed E-state index contributed by atoms with van der Waals surface area (Å²) < 4.78 is 0. The fourth-order valence-corrected chi connectivity index (χ4v) is 1.36. The van der Waals surface area contributed by atoms with Crippen molar-refractivity contribution in [2.75, 3.05) is 0 Å². The van der Waals surface area contributed by atoms with Crippen LogP contribution in [0.4, 0.5) is 0 Å². The third kappa shape index (κ3) is 4.11. The van der Waals surface area contributed by atoms with Crippen molar-refractivity contribution in [1.82, 2.24) is 4.98 Å². The zero-order valence-electron chi connectivity index (χ0n) is 6.35. The summed E-state index contributed by atoms with van der Waals surface area (Å²) in [4.78, 5) is 3.78. The predicted octanol–water partition coefficient (Wildman–Crippen LogP) is 3.48. The molecule has 0 aliphatic carbocycles. The van der Waals surface area contributed by atoms with Gasteiger partial charge in [-0.2, -0.15) is 11.3 Å². The molecule has 12 heavy (non-hydrogen) atoms. The van der Waals surface area contributed by atoms with Gasteiger partial charge in [0.25, 0.3) is 0 Å². The summed E-state index contributed by atoms with van der Waals surface area (Å²) in [5, 5.41) is 4.67. The lowest BCUT2D eigenvalue weighted by molar-refractivity contribution is 1.33. The van der Waals surface area contributed by atoms with Gasteiger partial charge < -0.3 is 0 Å². The molecule has 0 fully saturated rings. The van der Waals surface area contributed by atoms with E-state index >= 15 is 0 Å². The van der Waals surface area contributed by atoms with Gasteiger partial charge in [0.15, 0.2) is 0 Å². The molecule has 1 nitrogen and oxygen atoms in total. The Morgan fingerprint density at radius 3 is 2.08 bits per heavy atom. The SMILES string of the molecule is Clc1ccsc1.c1ccncc1. The van der Waals surface area contributed by atoms with Crippen LogP contribution in [0.3, 0.4) is 0 Å². The monoisotopic (exact) mass is 197 g/mol. The second kappa shape index (κ2) is 5.75. The number of hydrogen-bond acceptors (Lipinski definition) is 2. The van der Waals surface area contributed by atoms with E-state index in [-0.39, 0.29) is 0 Å². The van der Waals surface area contributed by atoms with Crippen molar-refractivity contribution in [3.8, 4) is 0 Å². The lowest BCUT2D eigenvalue weighted by Crippen LogP contribution is -1.58. The van der Waals surface area contributed by atoms with Gasteiger partial charge in [0, 0.05) is 17.8 Å². The van der Waals surface area contributed by atoms with Crippen LogP contribution in [0.5, 0.6) is 0 Å². The summed E-state index contributed by atoms with van der Waals surface area (Å²) in [6, 6.07) is 7.58. The Bertz CT molecular complexity index is 254. The fourth-order valence-electron chi connectivity index (χ4n) is 0.560. The smallest absolute Gasteiger partial charge is 0.0512 e. The zero-order chi connectivity index (χ0) is 8.65. The highest BCUT2D eigenvalue weighted by Gasteiger charge is 1.77. The molecule has 2 heterocycles. The molecule has 2 aromatic heterocycles. The largest absolute Gasteiger partial charge is 0.265 e. The van der Waals surface area contributed by atoms with Crippen LogP contribution in [0, 0.1) is 0 Å². The minimum Gasteiger partial charge on any atom is -0.265 e. The van der Waals surface area contributed by atoms with E-state index in [0.29, 0.717) is 0 Å². The molecule has 0 N–H and O–H groups in total. The molecule has 2 aromatic rings. The molecule has 0 spiro atoms. The second-order valence-corrected chi connectivity index (χ2v) is 3.18. The van der Waals surface area contributed by atoms with E-state index < -0.39 is 0 Å². The highest BCUT2D eigenvalue weighted by Crippen LogP contribution is 2.10. The average Bonchev–Trinajstić information content (AvgIpc) is 2.60. The van der Waals surface area contributed by atoms with Crippen LogP contribution in [-0.2, 0) is 0 Å². The molecule has 0 aliphatic rings. The van der Waals surface area contributed by atoms with Gasteiger partial charge in [-0.1, -0.05) is 17.7 Å². The predicted molar refractivity (Wildman–Crippen MR) is 53.6 cm³/mol. The zero-order valence-corrected chi connectivity index (χ0v) is 7.92. The summed E-state index contributed by atoms with van der Waals surface area (Å²) in [6.07, 6.45) is 3.50. The van der Waals surface area contributed by atoms with Crippen molar-refractivity contribution in [3.63, 3.8) is 0 Å². The molecule has 0 unspecified atom stereocenters. The van der Waals surface area contributed by atoms with E-state index in [0.717, 1.165) is 5.02 Å². The highest BCUT2D eigenvalue weighted by molar-refractivity contribution is 7.08. The Kier molecular flexibility index (Phi) is 4.42. The number of aromatic nitrogens is 1. The quantitative estimate of drug-likeness (QED) is 0.630. The number of halogens is 1. The number of hydrogen-bond donors (Lipinski definition) is 0. The molecule has 0 saturated heterocycles. The van der Waals surface area contributed by atoms with Gasteiger partial charge in [-0.05, 0) is 23.6 Å². The van der Waals surface area contributed by atoms with Gasteiger partial charge in [-0.3, -0.25) is 4.98 Å². The van der Waals surface area contributed by atoms with Crippen molar-refractivity contribution in [2.24, 2.45) is 0 Å². The van der Waals surface area contributed by atoms with E-state index in [1.54, 1.807) is 23.7 Å². The molecular weight excluding hydrogens is 190 g/mol. The van der Waals surface area contributed by atoms with E-state index in [9.17, 15) is 0 Å². The van der Waals surface area contributed by atoms with Gasteiger partial charge in [-0.15, -0.1) is 0 Å². The van der Waals surface area contributed by atoms with E-state index in [2.05, 4.69) is 4.98 Å². The van der Waals surface area contributed by atoms with E-state index in [1.165, 1.54) is 0 Å². The van der Waals surface area contributed by atoms with Crippen molar-refractivity contribution < 1.29 is 0 Å². The Morgan fingerprint density at radius 1 is 1.17 bits per heavy atom. The lowest BCUT2D eigenvalue weighted by atomic mass is 10.5. The molecule has 0 atom stereocenters. The van der Waals surface area contributed by atoms with E-state index in [1.807, 2.05) is 35.0 Å². The van der Waals surface area contributed by atoms with Crippen LogP contribution in [0.15, 0.2) is 47.4 Å². The van der Waals surface area contributed by atoms with Crippen molar-refractivity contribution in [2.45, 2.75) is 0 Å². The van der Waals surface area contributed by atoms with Crippen LogP contribution in [0.1, 0.15) is 0 Å². The lowest BCUT2D eigenvalue weighted by Gasteiger charge is -1.70. The van der Waals surface area contributed by atoms with Gasteiger partial charge in [0.2, 0.25) is 0 Å². The van der Waals surface area contributed by atoms with Crippen LogP contribution < -0.4 is 0 Å². The molecule has 0 aliphatic heterocycles. The Balaban J connectivity index is 0.000000120. The molecule has 2 rings (SSSR count). The molecule has 3 heteroatoms. The number of pyridine rings is 1. The van der Waals surface area contributed by atoms with Gasteiger partial charge in [0.1, 0.15) is 0 Å². The first-order chi connectivity index (χ1) is 5.89. The van der Waals surface area contributed by atoms with Crippen LogP contribution >= 0.6 is 22.9 Å². The summed E-state index contributed by atoms with van der Waals surface area (Å²) in [5.41, 5.74) is 0. The molecule has 62 valence electrons. The van der Waals surface area contributed by atoms with Crippen molar-refractivity contribution in [3.05, 3.63) is 52.4 Å². The summed E-state index contributed by atoms with van der Waals surface area (Å²) in [6.45, 7) is 0. The molecular formula is C9H8ClNS. The molecule has 0 bridgehead atoms. The van der Waals surface area contributed by atoms with Crippen molar-refractivity contribution in [1.29, 1.82) is 0 Å². The maximum absolute atomic E-state index is 5.47. The van der Waals surface area contributed by atoms with Crippen LogP contribution in [0.2, 0.25) is 5.02 Å². The summed E-state index contributed by atoms with van der Waals surface area (Å²) >= 11 is 7.07. The third-order valence-corrected chi connectivity index (χ3v) is 2.10. The number of nitrogens with zero attached hydrogens (tertiary/aromatic N) is 1. The highest BCUT2D eigenvalue weighted by atomic mass is 35.5.